The Hall–Kier alpha value is -2.76. The predicted molar refractivity (Wildman–Crippen MR) is 84.8 cm³/mol. The second-order valence-corrected chi connectivity index (χ2v) is 5.62. The van der Waals surface area contributed by atoms with Crippen LogP contribution in [0.3, 0.4) is 0 Å². The maximum Gasteiger partial charge on any atom is 0.416 e. The fourth-order valence-electron chi connectivity index (χ4n) is 2.83. The number of aliphatic carboxylic acids is 1. The van der Waals surface area contributed by atoms with Crippen molar-refractivity contribution in [3.05, 3.63) is 59.2 Å². The van der Waals surface area contributed by atoms with E-state index in [4.69, 9.17) is 0 Å². The molecule has 2 aromatic carbocycles. The third-order valence-electron chi connectivity index (χ3n) is 3.98. The van der Waals surface area contributed by atoms with E-state index in [1.807, 2.05) is 25.1 Å². The fraction of sp³-hybridized carbons (Fsp3) is 0.167. The summed E-state index contributed by atoms with van der Waals surface area (Å²) in [6.45, 7) is 1.89. The van der Waals surface area contributed by atoms with Gasteiger partial charge in [-0.1, -0.05) is 30.3 Å². The van der Waals surface area contributed by atoms with E-state index in [-0.39, 0.29) is 6.42 Å². The average Bonchev–Trinajstić information content (AvgIpc) is 2.86. The van der Waals surface area contributed by atoms with Gasteiger partial charge in [0.05, 0.1) is 17.7 Å². The molecular weight excluding hydrogens is 319 g/mol. The Morgan fingerprint density at radius 2 is 1.79 bits per heavy atom. The number of nitrogens with one attached hydrogen (secondary N) is 1. The molecule has 24 heavy (non-hydrogen) atoms. The minimum Gasteiger partial charge on any atom is -0.481 e. The molecule has 6 heteroatoms. The molecule has 0 saturated heterocycles. The third-order valence-corrected chi connectivity index (χ3v) is 3.98. The Labute approximate surface area is 135 Å². The number of rotatable bonds is 3. The van der Waals surface area contributed by atoms with E-state index in [2.05, 4.69) is 4.98 Å². The Morgan fingerprint density at radius 1 is 1.12 bits per heavy atom. The summed E-state index contributed by atoms with van der Waals surface area (Å²) in [5.41, 5.74) is 2.63. The Morgan fingerprint density at radius 3 is 2.38 bits per heavy atom. The number of fused-ring (bicyclic) bond motifs is 1. The molecule has 3 rings (SSSR count). The number of alkyl halides is 3. The molecule has 0 atom stereocenters. The SMILES string of the molecule is Cc1cccc2c(CC(=O)O)c(-c3ccc(C(F)(F)F)cc3)[nH]c12. The Kier molecular flexibility index (Phi) is 3.83. The highest BCUT2D eigenvalue weighted by atomic mass is 19.4. The van der Waals surface area contributed by atoms with Crippen molar-refractivity contribution in [1.29, 1.82) is 0 Å². The summed E-state index contributed by atoms with van der Waals surface area (Å²) in [4.78, 5) is 14.4. The van der Waals surface area contributed by atoms with Crippen LogP contribution in [0.25, 0.3) is 22.2 Å². The summed E-state index contributed by atoms with van der Waals surface area (Å²) >= 11 is 0. The van der Waals surface area contributed by atoms with Gasteiger partial charge in [-0.05, 0) is 35.7 Å². The number of carboxylic acid groups (broad SMARTS) is 1. The second kappa shape index (κ2) is 5.70. The van der Waals surface area contributed by atoms with Crippen LogP contribution >= 0.6 is 0 Å². The molecule has 0 fully saturated rings. The lowest BCUT2D eigenvalue weighted by Crippen LogP contribution is -2.04. The summed E-state index contributed by atoms with van der Waals surface area (Å²) < 4.78 is 38.1. The molecule has 2 N–H and O–H groups in total. The van der Waals surface area contributed by atoms with E-state index in [0.29, 0.717) is 16.8 Å². The van der Waals surface area contributed by atoms with E-state index >= 15 is 0 Å². The molecule has 124 valence electrons. The lowest BCUT2D eigenvalue weighted by Gasteiger charge is -2.08. The standard InChI is InChI=1S/C18H14F3NO2/c1-10-3-2-4-13-14(9-15(23)24)17(22-16(10)13)11-5-7-12(8-6-11)18(19,20)21/h2-8,22H,9H2,1H3,(H,23,24). The normalized spacial score (nSPS) is 11.8. The number of para-hydroxylation sites is 1. The Balaban J connectivity index is 2.18. The van der Waals surface area contributed by atoms with Crippen molar-refractivity contribution in [2.24, 2.45) is 0 Å². The number of benzene rings is 2. The Bertz CT molecular complexity index is 908. The van der Waals surface area contributed by atoms with Gasteiger partial charge in [0.2, 0.25) is 0 Å². The number of aromatic nitrogens is 1. The number of hydrogen-bond donors (Lipinski definition) is 2. The van der Waals surface area contributed by atoms with Crippen LogP contribution in [0.4, 0.5) is 13.2 Å². The van der Waals surface area contributed by atoms with Crippen LogP contribution in [0.15, 0.2) is 42.5 Å². The van der Waals surface area contributed by atoms with Crippen LogP contribution in [0.1, 0.15) is 16.7 Å². The molecular formula is C18H14F3NO2. The van der Waals surface area contributed by atoms with Gasteiger partial charge in [-0.3, -0.25) is 4.79 Å². The first kappa shape index (κ1) is 16.1. The van der Waals surface area contributed by atoms with Gasteiger partial charge in [0, 0.05) is 10.9 Å². The molecule has 0 amide bonds. The molecule has 1 heterocycles. The van der Waals surface area contributed by atoms with E-state index in [1.54, 1.807) is 0 Å². The fourth-order valence-corrected chi connectivity index (χ4v) is 2.83. The van der Waals surface area contributed by atoms with Crippen molar-refractivity contribution in [2.75, 3.05) is 0 Å². The number of carbonyl (C=O) groups is 1. The lowest BCUT2D eigenvalue weighted by atomic mass is 10.0. The first-order valence-electron chi connectivity index (χ1n) is 7.27. The number of carboxylic acids is 1. The summed E-state index contributed by atoms with van der Waals surface area (Å²) in [6, 6.07) is 10.2. The summed E-state index contributed by atoms with van der Waals surface area (Å²) in [5, 5.41) is 9.94. The monoisotopic (exact) mass is 333 g/mol. The molecule has 0 aliphatic rings. The number of hydrogen-bond acceptors (Lipinski definition) is 1. The zero-order chi connectivity index (χ0) is 17.5. The van der Waals surface area contributed by atoms with Gasteiger partial charge >= 0.3 is 12.1 Å². The maximum absolute atomic E-state index is 12.7. The topological polar surface area (TPSA) is 53.1 Å². The van der Waals surface area contributed by atoms with Crippen LogP contribution in [0, 0.1) is 6.92 Å². The largest absolute Gasteiger partial charge is 0.481 e. The van der Waals surface area contributed by atoms with Gasteiger partial charge in [-0.2, -0.15) is 13.2 Å². The highest BCUT2D eigenvalue weighted by molar-refractivity contribution is 5.95. The van der Waals surface area contributed by atoms with E-state index in [0.717, 1.165) is 28.6 Å². The van der Waals surface area contributed by atoms with E-state index < -0.39 is 17.7 Å². The zero-order valence-corrected chi connectivity index (χ0v) is 12.7. The highest BCUT2D eigenvalue weighted by Gasteiger charge is 2.30. The number of halogens is 3. The minimum absolute atomic E-state index is 0.209. The highest BCUT2D eigenvalue weighted by Crippen LogP contribution is 2.35. The third kappa shape index (κ3) is 2.87. The second-order valence-electron chi connectivity index (χ2n) is 5.62. The van der Waals surface area contributed by atoms with Crippen molar-refractivity contribution in [3.8, 4) is 11.3 Å². The van der Waals surface area contributed by atoms with Crippen molar-refractivity contribution < 1.29 is 23.1 Å². The van der Waals surface area contributed by atoms with E-state index in [9.17, 15) is 23.1 Å². The summed E-state index contributed by atoms with van der Waals surface area (Å²) in [7, 11) is 0. The molecule has 0 radical (unpaired) electrons. The predicted octanol–water partition coefficient (Wildman–Crippen LogP) is 4.79. The van der Waals surface area contributed by atoms with E-state index in [1.165, 1.54) is 12.1 Å². The van der Waals surface area contributed by atoms with Gasteiger partial charge in [0.15, 0.2) is 0 Å². The summed E-state index contributed by atoms with van der Waals surface area (Å²) in [6.07, 6.45) is -4.61. The number of H-pyrrole nitrogens is 1. The van der Waals surface area contributed by atoms with Crippen LogP contribution in [-0.4, -0.2) is 16.1 Å². The first-order chi connectivity index (χ1) is 11.3. The minimum atomic E-state index is -4.40. The quantitative estimate of drug-likeness (QED) is 0.724. The van der Waals surface area contributed by atoms with Crippen LogP contribution in [0.5, 0.6) is 0 Å². The van der Waals surface area contributed by atoms with Crippen LogP contribution in [-0.2, 0) is 17.4 Å². The summed E-state index contributed by atoms with van der Waals surface area (Å²) in [5.74, 6) is -0.995. The van der Waals surface area contributed by atoms with Crippen LogP contribution in [0.2, 0.25) is 0 Å². The van der Waals surface area contributed by atoms with Gasteiger partial charge in [0.1, 0.15) is 0 Å². The molecule has 1 aromatic heterocycles. The van der Waals surface area contributed by atoms with Crippen LogP contribution < -0.4 is 0 Å². The molecule has 0 aliphatic heterocycles. The van der Waals surface area contributed by atoms with Crippen molar-refractivity contribution >= 4 is 16.9 Å². The molecule has 3 nitrogen and oxygen atoms in total. The van der Waals surface area contributed by atoms with Gasteiger partial charge < -0.3 is 10.1 Å². The average molecular weight is 333 g/mol. The van der Waals surface area contributed by atoms with Crippen molar-refractivity contribution in [1.82, 2.24) is 4.98 Å². The van der Waals surface area contributed by atoms with Crippen molar-refractivity contribution in [2.45, 2.75) is 19.5 Å². The number of aromatic amines is 1. The molecule has 0 saturated carbocycles. The van der Waals surface area contributed by atoms with Crippen molar-refractivity contribution in [3.63, 3.8) is 0 Å². The van der Waals surface area contributed by atoms with Gasteiger partial charge in [0.25, 0.3) is 0 Å². The molecule has 0 spiro atoms. The van der Waals surface area contributed by atoms with Gasteiger partial charge in [-0.15, -0.1) is 0 Å². The molecule has 0 bridgehead atoms. The number of aryl methyl sites for hydroxylation is 1. The lowest BCUT2D eigenvalue weighted by molar-refractivity contribution is -0.138. The van der Waals surface area contributed by atoms with Gasteiger partial charge in [-0.25, -0.2) is 0 Å². The zero-order valence-electron chi connectivity index (χ0n) is 12.7. The molecule has 0 aliphatic carbocycles. The molecule has 0 unspecified atom stereocenters. The first-order valence-corrected chi connectivity index (χ1v) is 7.27. The maximum atomic E-state index is 12.7. The smallest absolute Gasteiger partial charge is 0.416 e. The molecule has 3 aromatic rings.